The lowest BCUT2D eigenvalue weighted by molar-refractivity contribution is 0.139. The number of benzene rings is 1. The lowest BCUT2D eigenvalue weighted by Crippen LogP contribution is -2.42. The molecule has 3 rings (SSSR count). The van der Waals surface area contributed by atoms with Crippen LogP contribution in [0.2, 0.25) is 0 Å². The molecule has 1 saturated carbocycles. The number of hydrogen-bond acceptors (Lipinski definition) is 2. The van der Waals surface area contributed by atoms with Gasteiger partial charge in [0.2, 0.25) is 0 Å². The Morgan fingerprint density at radius 2 is 1.96 bits per heavy atom. The van der Waals surface area contributed by atoms with E-state index < -0.39 is 0 Å². The van der Waals surface area contributed by atoms with Crippen LogP contribution in [0.1, 0.15) is 49.4 Å². The summed E-state index contributed by atoms with van der Waals surface area (Å²) in [5, 5.41) is 15.5. The maximum Gasteiger partial charge on any atom is 0.0843 e. The summed E-state index contributed by atoms with van der Waals surface area (Å²) < 4.78 is 2.28. The molecular weight excluding hydrogens is 296 g/mol. The highest BCUT2D eigenvalue weighted by Crippen LogP contribution is 2.27. The van der Waals surface area contributed by atoms with E-state index in [1.165, 1.54) is 53.4 Å². The molecule has 24 heavy (non-hydrogen) atoms. The van der Waals surface area contributed by atoms with Gasteiger partial charge in [-0.1, -0.05) is 31.4 Å². The Kier molecular flexibility index (Phi) is 5.31. The Hall–Kier alpha value is -1.32. The summed E-state index contributed by atoms with van der Waals surface area (Å²) >= 11 is 0. The van der Waals surface area contributed by atoms with Gasteiger partial charge in [0, 0.05) is 29.2 Å². The lowest BCUT2D eigenvalue weighted by Gasteiger charge is -2.30. The van der Waals surface area contributed by atoms with Crippen LogP contribution in [0.4, 0.5) is 0 Å². The van der Waals surface area contributed by atoms with Crippen LogP contribution in [-0.4, -0.2) is 28.4 Å². The highest BCUT2D eigenvalue weighted by Gasteiger charge is 2.22. The third kappa shape index (κ3) is 3.52. The largest absolute Gasteiger partial charge is 0.390 e. The van der Waals surface area contributed by atoms with Crippen molar-refractivity contribution in [3.63, 3.8) is 0 Å². The second-order valence-corrected chi connectivity index (χ2v) is 7.77. The molecule has 3 atom stereocenters. The second-order valence-electron chi connectivity index (χ2n) is 7.77. The fourth-order valence-electron chi connectivity index (χ4n) is 4.18. The molecule has 0 aliphatic heterocycles. The van der Waals surface area contributed by atoms with E-state index in [1.54, 1.807) is 0 Å². The third-order valence-corrected chi connectivity index (χ3v) is 5.91. The molecular formula is C21H32N2O. The standard InChI is InChI=1S/C21H32N2O/c1-14-9-10-21-19(11-14)16(3)17(4)23(21)13-18(24)12-22-20-8-6-5-7-15(20)2/h9-11,15,18,20,22,24H,5-8,12-13H2,1-4H3/t15-,18-,20+/m1/s1. The first-order valence-electron chi connectivity index (χ1n) is 9.45. The number of nitrogens with one attached hydrogen (secondary N) is 1. The van der Waals surface area contributed by atoms with Crippen molar-refractivity contribution in [2.24, 2.45) is 5.92 Å². The number of aromatic nitrogens is 1. The molecule has 0 amide bonds. The molecule has 1 fully saturated rings. The van der Waals surface area contributed by atoms with E-state index in [0.717, 1.165) is 5.92 Å². The van der Waals surface area contributed by atoms with E-state index in [9.17, 15) is 5.11 Å². The van der Waals surface area contributed by atoms with E-state index in [2.05, 4.69) is 55.8 Å². The zero-order chi connectivity index (χ0) is 17.3. The number of hydrogen-bond donors (Lipinski definition) is 2. The smallest absolute Gasteiger partial charge is 0.0843 e. The topological polar surface area (TPSA) is 37.2 Å². The highest BCUT2D eigenvalue weighted by molar-refractivity contribution is 5.85. The van der Waals surface area contributed by atoms with Crippen molar-refractivity contribution in [1.29, 1.82) is 0 Å². The lowest BCUT2D eigenvalue weighted by atomic mass is 9.86. The average Bonchev–Trinajstić information content (AvgIpc) is 2.79. The third-order valence-electron chi connectivity index (χ3n) is 5.91. The summed E-state index contributed by atoms with van der Waals surface area (Å²) in [7, 11) is 0. The van der Waals surface area contributed by atoms with E-state index >= 15 is 0 Å². The summed E-state index contributed by atoms with van der Waals surface area (Å²) in [6.07, 6.45) is 4.88. The summed E-state index contributed by atoms with van der Waals surface area (Å²) in [6, 6.07) is 7.17. The van der Waals surface area contributed by atoms with Gasteiger partial charge in [0.15, 0.2) is 0 Å². The SMILES string of the molecule is Cc1ccc2c(c1)c(C)c(C)n2C[C@H](O)CN[C@H]1CCCC[C@H]1C. The molecule has 3 heteroatoms. The van der Waals surface area contributed by atoms with Gasteiger partial charge in [-0.2, -0.15) is 0 Å². The first kappa shape index (κ1) is 17.5. The van der Waals surface area contributed by atoms with Crippen molar-refractivity contribution in [3.8, 4) is 0 Å². The van der Waals surface area contributed by atoms with Crippen LogP contribution in [0.15, 0.2) is 18.2 Å². The first-order valence-corrected chi connectivity index (χ1v) is 9.45. The maximum atomic E-state index is 10.6. The summed E-state index contributed by atoms with van der Waals surface area (Å²) in [4.78, 5) is 0. The van der Waals surface area contributed by atoms with Gasteiger partial charge in [0.1, 0.15) is 0 Å². The minimum atomic E-state index is -0.353. The molecule has 0 unspecified atom stereocenters. The molecule has 0 spiro atoms. The number of fused-ring (bicyclic) bond motifs is 1. The minimum Gasteiger partial charge on any atom is -0.390 e. The van der Waals surface area contributed by atoms with Crippen LogP contribution < -0.4 is 5.32 Å². The van der Waals surface area contributed by atoms with Crippen molar-refractivity contribution in [3.05, 3.63) is 35.0 Å². The van der Waals surface area contributed by atoms with Gasteiger partial charge in [-0.25, -0.2) is 0 Å². The molecule has 1 heterocycles. The summed E-state index contributed by atoms with van der Waals surface area (Å²) in [5.74, 6) is 0.727. The quantitative estimate of drug-likeness (QED) is 0.867. The Bertz CT molecular complexity index is 703. The molecule has 132 valence electrons. The van der Waals surface area contributed by atoms with Crippen LogP contribution in [0, 0.1) is 26.7 Å². The molecule has 2 N–H and O–H groups in total. The number of aliphatic hydroxyl groups excluding tert-OH is 1. The molecule has 1 aliphatic rings. The Morgan fingerprint density at radius 1 is 1.21 bits per heavy atom. The summed E-state index contributed by atoms with van der Waals surface area (Å²) in [5.41, 5.74) is 5.12. The number of nitrogens with zero attached hydrogens (tertiary/aromatic N) is 1. The number of aliphatic hydroxyl groups is 1. The van der Waals surface area contributed by atoms with E-state index in [1.807, 2.05) is 0 Å². The fourth-order valence-corrected chi connectivity index (χ4v) is 4.18. The molecule has 1 aromatic carbocycles. The second kappa shape index (κ2) is 7.28. The Morgan fingerprint density at radius 3 is 2.71 bits per heavy atom. The van der Waals surface area contributed by atoms with E-state index in [0.29, 0.717) is 19.1 Å². The molecule has 0 radical (unpaired) electrons. The Balaban J connectivity index is 1.69. The van der Waals surface area contributed by atoms with Crippen LogP contribution >= 0.6 is 0 Å². The van der Waals surface area contributed by atoms with Gasteiger partial charge in [-0.15, -0.1) is 0 Å². The zero-order valence-corrected chi connectivity index (χ0v) is 15.6. The van der Waals surface area contributed by atoms with Crippen LogP contribution in [0.25, 0.3) is 10.9 Å². The number of rotatable bonds is 5. The van der Waals surface area contributed by atoms with Crippen molar-refractivity contribution in [2.45, 2.75) is 72.1 Å². The predicted octanol–water partition coefficient (Wildman–Crippen LogP) is 4.10. The van der Waals surface area contributed by atoms with Crippen molar-refractivity contribution in [1.82, 2.24) is 9.88 Å². The van der Waals surface area contributed by atoms with Crippen LogP contribution in [-0.2, 0) is 6.54 Å². The van der Waals surface area contributed by atoms with Gasteiger partial charge >= 0.3 is 0 Å². The monoisotopic (exact) mass is 328 g/mol. The van der Waals surface area contributed by atoms with Gasteiger partial charge in [0.05, 0.1) is 12.6 Å². The molecule has 0 bridgehead atoms. The van der Waals surface area contributed by atoms with E-state index in [-0.39, 0.29) is 6.10 Å². The van der Waals surface area contributed by atoms with Crippen LogP contribution in [0.3, 0.4) is 0 Å². The normalized spacial score (nSPS) is 22.9. The zero-order valence-electron chi connectivity index (χ0n) is 15.6. The summed E-state index contributed by atoms with van der Waals surface area (Å²) in [6.45, 7) is 10.1. The van der Waals surface area contributed by atoms with Gasteiger partial charge < -0.3 is 15.0 Å². The first-order chi connectivity index (χ1) is 11.5. The average molecular weight is 329 g/mol. The van der Waals surface area contributed by atoms with Crippen molar-refractivity contribution < 1.29 is 5.11 Å². The molecule has 3 nitrogen and oxygen atoms in total. The molecule has 1 aromatic heterocycles. The van der Waals surface area contributed by atoms with Crippen LogP contribution in [0.5, 0.6) is 0 Å². The highest BCUT2D eigenvalue weighted by atomic mass is 16.3. The molecule has 0 saturated heterocycles. The molecule has 2 aromatic rings. The van der Waals surface area contributed by atoms with Gasteiger partial charge in [-0.3, -0.25) is 0 Å². The van der Waals surface area contributed by atoms with Crippen molar-refractivity contribution >= 4 is 10.9 Å². The van der Waals surface area contributed by atoms with Crippen molar-refractivity contribution in [2.75, 3.05) is 6.54 Å². The number of aryl methyl sites for hydroxylation is 2. The predicted molar refractivity (Wildman–Crippen MR) is 102 cm³/mol. The molecule has 1 aliphatic carbocycles. The minimum absolute atomic E-state index is 0.353. The van der Waals surface area contributed by atoms with Gasteiger partial charge in [-0.05, 0) is 57.2 Å². The maximum absolute atomic E-state index is 10.6. The fraction of sp³-hybridized carbons (Fsp3) is 0.619. The Labute approximate surface area is 146 Å². The van der Waals surface area contributed by atoms with Gasteiger partial charge in [0.25, 0.3) is 0 Å². The van der Waals surface area contributed by atoms with E-state index in [4.69, 9.17) is 0 Å².